The van der Waals surface area contributed by atoms with E-state index in [9.17, 15) is 14.4 Å². The predicted molar refractivity (Wildman–Crippen MR) is 171 cm³/mol. The molecular formula is C35H40N6O3. The van der Waals surface area contributed by atoms with Crippen LogP contribution in [-0.2, 0) is 20.8 Å². The van der Waals surface area contributed by atoms with Crippen molar-refractivity contribution in [2.75, 3.05) is 20.1 Å². The summed E-state index contributed by atoms with van der Waals surface area (Å²) >= 11 is 0. The Bertz CT molecular complexity index is 1650. The van der Waals surface area contributed by atoms with Crippen LogP contribution in [0.15, 0.2) is 72.8 Å². The number of hydrogen-bond acceptors (Lipinski definition) is 5. The van der Waals surface area contributed by atoms with Gasteiger partial charge in [0.25, 0.3) is 0 Å². The average molecular weight is 593 g/mol. The molecule has 9 nitrogen and oxygen atoms in total. The monoisotopic (exact) mass is 592 g/mol. The van der Waals surface area contributed by atoms with Gasteiger partial charge in [-0.05, 0) is 57.4 Å². The maximum Gasteiger partial charge on any atom is 0.247 e. The van der Waals surface area contributed by atoms with Gasteiger partial charge >= 0.3 is 0 Å². The number of benzene rings is 3. The van der Waals surface area contributed by atoms with Crippen LogP contribution in [-0.4, -0.2) is 75.8 Å². The molecule has 2 saturated heterocycles. The first-order valence-corrected chi connectivity index (χ1v) is 15.5. The van der Waals surface area contributed by atoms with Gasteiger partial charge in [0.1, 0.15) is 11.9 Å². The van der Waals surface area contributed by atoms with Gasteiger partial charge in [-0.25, -0.2) is 4.98 Å². The van der Waals surface area contributed by atoms with Gasteiger partial charge in [0, 0.05) is 24.7 Å². The van der Waals surface area contributed by atoms with Crippen molar-refractivity contribution in [2.24, 2.45) is 0 Å². The molecule has 0 unspecified atom stereocenters. The van der Waals surface area contributed by atoms with Gasteiger partial charge < -0.3 is 25.4 Å². The molecule has 0 bridgehead atoms. The number of nitrogens with zero attached hydrogens (tertiary/aromatic N) is 3. The van der Waals surface area contributed by atoms with Crippen molar-refractivity contribution < 1.29 is 14.4 Å². The Morgan fingerprint density at radius 1 is 1.00 bits per heavy atom. The lowest BCUT2D eigenvalue weighted by Gasteiger charge is -2.39. The maximum atomic E-state index is 14.4. The van der Waals surface area contributed by atoms with E-state index in [0.717, 1.165) is 46.4 Å². The zero-order valence-electron chi connectivity index (χ0n) is 25.5. The molecule has 3 heterocycles. The number of imidazole rings is 1. The van der Waals surface area contributed by atoms with Crippen molar-refractivity contribution in [1.29, 1.82) is 0 Å². The summed E-state index contributed by atoms with van der Waals surface area (Å²) in [6.07, 6.45) is 2.47. The number of likely N-dealkylation sites (N-methyl/N-ethyl adjacent to an activating group) is 1. The molecule has 4 aromatic rings. The fraction of sp³-hybridized carbons (Fsp3) is 0.371. The number of carbonyl (C=O) groups excluding carboxylic acids is 3. The normalized spacial score (nSPS) is 21.1. The lowest BCUT2D eigenvalue weighted by atomic mass is 10.0. The second-order valence-corrected chi connectivity index (χ2v) is 12.0. The summed E-state index contributed by atoms with van der Waals surface area (Å²) < 4.78 is 0. The summed E-state index contributed by atoms with van der Waals surface area (Å²) in [5.41, 5.74) is 6.05. The van der Waals surface area contributed by atoms with E-state index in [1.54, 1.807) is 18.9 Å². The fourth-order valence-corrected chi connectivity index (χ4v) is 6.46. The van der Waals surface area contributed by atoms with Crippen LogP contribution < -0.4 is 10.6 Å². The number of aryl methyl sites for hydroxylation is 1. The second-order valence-electron chi connectivity index (χ2n) is 12.0. The van der Waals surface area contributed by atoms with Crippen LogP contribution in [0.1, 0.15) is 49.2 Å². The summed E-state index contributed by atoms with van der Waals surface area (Å²) in [4.78, 5) is 53.2. The maximum absolute atomic E-state index is 14.4. The molecule has 0 aliphatic carbocycles. The van der Waals surface area contributed by atoms with Gasteiger partial charge in [0.05, 0.1) is 29.5 Å². The Morgan fingerprint density at radius 2 is 1.77 bits per heavy atom. The first-order chi connectivity index (χ1) is 21.3. The Kier molecular flexibility index (Phi) is 8.48. The fourth-order valence-electron chi connectivity index (χ4n) is 6.46. The number of aromatic amines is 1. The third-order valence-corrected chi connectivity index (χ3v) is 9.09. The van der Waals surface area contributed by atoms with Crippen LogP contribution in [0.5, 0.6) is 0 Å². The van der Waals surface area contributed by atoms with Gasteiger partial charge in [-0.3, -0.25) is 14.4 Å². The van der Waals surface area contributed by atoms with E-state index in [4.69, 9.17) is 4.98 Å². The van der Waals surface area contributed by atoms with E-state index in [2.05, 4.69) is 52.9 Å². The van der Waals surface area contributed by atoms with Crippen LogP contribution in [0.3, 0.4) is 0 Å². The topological polar surface area (TPSA) is 110 Å². The molecule has 3 aromatic carbocycles. The summed E-state index contributed by atoms with van der Waals surface area (Å²) in [7, 11) is 1.71. The van der Waals surface area contributed by atoms with E-state index in [1.807, 2.05) is 47.4 Å². The van der Waals surface area contributed by atoms with Crippen molar-refractivity contribution in [3.8, 4) is 11.1 Å². The number of fused-ring (bicyclic) bond motifs is 2. The quantitative estimate of drug-likeness (QED) is 0.299. The van der Waals surface area contributed by atoms with Gasteiger partial charge in [0.2, 0.25) is 17.7 Å². The molecule has 228 valence electrons. The van der Waals surface area contributed by atoms with Crippen LogP contribution in [0.25, 0.3) is 22.2 Å². The molecule has 2 aliphatic rings. The smallest absolute Gasteiger partial charge is 0.247 e. The van der Waals surface area contributed by atoms with Gasteiger partial charge in [-0.15, -0.1) is 0 Å². The van der Waals surface area contributed by atoms with Crippen molar-refractivity contribution >= 4 is 28.8 Å². The Hall–Kier alpha value is -4.50. The molecule has 4 atom stereocenters. The highest BCUT2D eigenvalue weighted by molar-refractivity contribution is 5.93. The number of hydrogen-bond donors (Lipinski definition) is 3. The molecule has 2 fully saturated rings. The first kappa shape index (κ1) is 29.6. The number of aromatic nitrogens is 2. The first-order valence-electron chi connectivity index (χ1n) is 15.5. The van der Waals surface area contributed by atoms with Crippen LogP contribution in [0, 0.1) is 6.92 Å². The molecule has 0 radical (unpaired) electrons. The number of rotatable bonds is 7. The summed E-state index contributed by atoms with van der Waals surface area (Å²) in [6.45, 7) is 4.46. The van der Waals surface area contributed by atoms with Crippen LogP contribution >= 0.6 is 0 Å². The summed E-state index contributed by atoms with van der Waals surface area (Å²) in [5.74, 6) is 0.252. The number of para-hydroxylation sites is 1. The van der Waals surface area contributed by atoms with Gasteiger partial charge in [-0.1, -0.05) is 72.3 Å². The average Bonchev–Trinajstić information content (AvgIpc) is 3.66. The van der Waals surface area contributed by atoms with Crippen molar-refractivity contribution in [1.82, 2.24) is 30.4 Å². The minimum Gasteiger partial charge on any atom is -0.341 e. The van der Waals surface area contributed by atoms with E-state index in [0.29, 0.717) is 13.0 Å². The van der Waals surface area contributed by atoms with E-state index in [-0.39, 0.29) is 42.8 Å². The summed E-state index contributed by atoms with van der Waals surface area (Å²) in [6, 6.07) is 22.5. The number of nitrogens with one attached hydrogen (secondary N) is 3. The molecule has 2 aliphatic heterocycles. The van der Waals surface area contributed by atoms with E-state index in [1.165, 1.54) is 5.56 Å². The third-order valence-electron chi connectivity index (χ3n) is 9.09. The molecule has 0 saturated carbocycles. The van der Waals surface area contributed by atoms with Crippen molar-refractivity contribution in [2.45, 2.75) is 63.7 Å². The highest BCUT2D eigenvalue weighted by Gasteiger charge is 2.44. The molecule has 0 spiro atoms. The zero-order chi connectivity index (χ0) is 30.8. The minimum atomic E-state index is -0.867. The van der Waals surface area contributed by atoms with Crippen molar-refractivity contribution in [3.05, 3.63) is 89.7 Å². The summed E-state index contributed by atoms with van der Waals surface area (Å²) in [5, 5.41) is 5.91. The van der Waals surface area contributed by atoms with Crippen LogP contribution in [0.4, 0.5) is 0 Å². The molecule has 44 heavy (non-hydrogen) atoms. The molecule has 1 aromatic heterocycles. The lowest BCUT2D eigenvalue weighted by molar-refractivity contribution is -0.143. The Morgan fingerprint density at radius 3 is 2.52 bits per heavy atom. The number of H-pyrrole nitrogens is 1. The SMILES string of the molecule is CN[C@@H](C)C(=O)N[C@H]1CN(C(=O)Cc2ccccc2)CC[C@H]2CC[C@@H](c3nc4c(-c5ccc(C)cc5)cccc4[nH]3)N2C1=O. The largest absolute Gasteiger partial charge is 0.341 e. The molecule has 9 heteroatoms. The standard InChI is InChI=1S/C35H40N6O3/c1-22-12-14-25(15-13-22)27-10-7-11-28-32(27)39-33(37-28)30-17-16-26-18-19-40(31(42)20-24-8-5-4-6-9-24)21-29(35(44)41(26)30)38-34(43)23(2)36-3/h4-15,23,26,29-30,36H,16-21H2,1-3H3,(H,37,39)(H,38,43)/t23-,26+,29-,30-/m0/s1. The van der Waals surface area contributed by atoms with E-state index >= 15 is 0 Å². The molecule has 6 rings (SSSR count). The second kappa shape index (κ2) is 12.6. The lowest BCUT2D eigenvalue weighted by Crippen LogP contribution is -2.60. The van der Waals surface area contributed by atoms with Gasteiger partial charge in [0.15, 0.2) is 0 Å². The highest BCUT2D eigenvalue weighted by Crippen LogP contribution is 2.39. The number of amides is 3. The molecule has 3 amide bonds. The molecular weight excluding hydrogens is 552 g/mol. The van der Waals surface area contributed by atoms with E-state index < -0.39 is 12.1 Å². The zero-order valence-corrected chi connectivity index (χ0v) is 25.5. The molecule has 3 N–H and O–H groups in total. The highest BCUT2D eigenvalue weighted by atomic mass is 16.2. The Balaban J connectivity index is 1.30. The predicted octanol–water partition coefficient (Wildman–Crippen LogP) is 4.14. The van der Waals surface area contributed by atoms with Crippen molar-refractivity contribution in [3.63, 3.8) is 0 Å². The third kappa shape index (κ3) is 5.97. The van der Waals surface area contributed by atoms with Crippen LogP contribution in [0.2, 0.25) is 0 Å². The number of carbonyl (C=O) groups is 3. The minimum absolute atomic E-state index is 0.0474. The van der Waals surface area contributed by atoms with Gasteiger partial charge in [-0.2, -0.15) is 0 Å². The Labute approximate surface area is 258 Å².